The Morgan fingerprint density at radius 2 is 1.91 bits per heavy atom. The summed E-state index contributed by atoms with van der Waals surface area (Å²) in [7, 11) is -1.73. The Kier molecular flexibility index (Phi) is 7.31. The lowest BCUT2D eigenvalue weighted by Gasteiger charge is -2.32. The number of hydrogen-bond acceptors (Lipinski definition) is 7. The molecule has 1 aromatic heterocycles. The molecule has 0 amide bonds. The van der Waals surface area contributed by atoms with E-state index < -0.39 is 15.7 Å². The molecular weight excluding hydrogens is 445 g/mol. The van der Waals surface area contributed by atoms with Crippen LogP contribution in [0.4, 0.5) is 10.3 Å². The maximum atomic E-state index is 14.2. The van der Waals surface area contributed by atoms with Crippen LogP contribution in [0.3, 0.4) is 0 Å². The van der Waals surface area contributed by atoms with Gasteiger partial charge in [-0.3, -0.25) is 0 Å². The minimum atomic E-state index is -3.41. The molecule has 3 atom stereocenters. The summed E-state index contributed by atoms with van der Waals surface area (Å²) in [5.41, 5.74) is 1.36. The van der Waals surface area contributed by atoms with E-state index in [1.165, 1.54) is 12.1 Å². The molecular formula is C24H32FN3O4S. The highest BCUT2D eigenvalue weighted by Gasteiger charge is 2.43. The Morgan fingerprint density at radius 1 is 1.21 bits per heavy atom. The van der Waals surface area contributed by atoms with Crippen molar-refractivity contribution in [3.8, 4) is 0 Å². The number of aromatic nitrogens is 2. The van der Waals surface area contributed by atoms with E-state index in [2.05, 4.69) is 14.9 Å². The van der Waals surface area contributed by atoms with Crippen molar-refractivity contribution in [2.24, 2.45) is 17.8 Å². The number of benzene rings is 1. The van der Waals surface area contributed by atoms with E-state index >= 15 is 0 Å². The van der Waals surface area contributed by atoms with Gasteiger partial charge in [-0.25, -0.2) is 22.8 Å². The predicted octanol–water partition coefficient (Wildman–Crippen LogP) is 3.80. The highest BCUT2D eigenvalue weighted by Crippen LogP contribution is 2.48. The van der Waals surface area contributed by atoms with Gasteiger partial charge in [0.1, 0.15) is 5.82 Å². The lowest BCUT2D eigenvalue weighted by Crippen LogP contribution is -2.35. The first-order valence-electron chi connectivity index (χ1n) is 11.4. The second-order valence-electron chi connectivity index (χ2n) is 9.22. The number of anilines is 1. The van der Waals surface area contributed by atoms with Crippen LogP contribution in [-0.4, -0.2) is 51.4 Å². The van der Waals surface area contributed by atoms with Crippen LogP contribution in [0, 0.1) is 23.6 Å². The van der Waals surface area contributed by atoms with Crippen LogP contribution in [0.25, 0.3) is 0 Å². The third-order valence-corrected chi connectivity index (χ3v) is 8.04. The molecule has 2 fully saturated rings. The van der Waals surface area contributed by atoms with Crippen molar-refractivity contribution in [2.75, 3.05) is 38.0 Å². The van der Waals surface area contributed by atoms with E-state index in [0.717, 1.165) is 56.2 Å². The quantitative estimate of drug-likeness (QED) is 0.543. The van der Waals surface area contributed by atoms with Crippen molar-refractivity contribution in [1.29, 1.82) is 0 Å². The normalized spacial score (nSPS) is 22.4. The highest BCUT2D eigenvalue weighted by atomic mass is 32.2. The number of rotatable bonds is 9. The smallest absolute Gasteiger partial charge is 0.225 e. The van der Waals surface area contributed by atoms with Gasteiger partial charge >= 0.3 is 0 Å². The summed E-state index contributed by atoms with van der Waals surface area (Å²) in [5, 5.41) is 0. The zero-order valence-corrected chi connectivity index (χ0v) is 20.2. The topological polar surface area (TPSA) is 81.6 Å². The van der Waals surface area contributed by atoms with Crippen molar-refractivity contribution < 1.29 is 22.3 Å². The molecule has 1 saturated heterocycles. The molecule has 9 heteroatoms. The maximum absolute atomic E-state index is 14.2. The largest absolute Gasteiger partial charge is 0.377 e. The van der Waals surface area contributed by atoms with Gasteiger partial charge in [0.15, 0.2) is 9.84 Å². The highest BCUT2D eigenvalue weighted by molar-refractivity contribution is 7.90. The standard InChI is InChI=1S/C24H32FN3O4S/c1-16(31-2)20-12-26-24(27-13-20)28-8-6-17(7-9-28)22-10-19(22)15-32-14-18-4-5-21(11-23(18)25)33(3,29)30/h4-5,11-13,16-17,19,22H,6-10,14-15H2,1-3H3/t16?,19-,22+/m0/s1. The summed E-state index contributed by atoms with van der Waals surface area (Å²) in [4.78, 5) is 11.3. The zero-order chi connectivity index (χ0) is 23.6. The van der Waals surface area contributed by atoms with E-state index in [1.807, 2.05) is 19.3 Å². The lowest BCUT2D eigenvalue weighted by molar-refractivity contribution is 0.102. The number of ether oxygens (including phenoxy) is 2. The molecule has 2 aromatic rings. The van der Waals surface area contributed by atoms with Crippen LogP contribution in [-0.2, 0) is 25.9 Å². The summed E-state index contributed by atoms with van der Waals surface area (Å²) in [5.74, 6) is 2.10. The van der Waals surface area contributed by atoms with Crippen LogP contribution in [0.1, 0.15) is 43.4 Å². The van der Waals surface area contributed by atoms with Crippen molar-refractivity contribution in [1.82, 2.24) is 9.97 Å². The van der Waals surface area contributed by atoms with Gasteiger partial charge in [-0.2, -0.15) is 0 Å². The van der Waals surface area contributed by atoms with Gasteiger partial charge in [-0.05, 0) is 56.1 Å². The minimum absolute atomic E-state index is 0.0109. The Labute approximate surface area is 195 Å². The molecule has 2 aliphatic rings. The summed E-state index contributed by atoms with van der Waals surface area (Å²) >= 11 is 0. The molecule has 1 aliphatic heterocycles. The molecule has 0 N–H and O–H groups in total. The fourth-order valence-corrected chi connectivity index (χ4v) is 5.24. The van der Waals surface area contributed by atoms with Gasteiger partial charge in [0, 0.05) is 50.0 Å². The first kappa shape index (κ1) is 24.0. The molecule has 180 valence electrons. The Balaban J connectivity index is 1.20. The van der Waals surface area contributed by atoms with Crippen molar-refractivity contribution in [3.63, 3.8) is 0 Å². The summed E-state index contributed by atoms with van der Waals surface area (Å²) in [6, 6.07) is 3.99. The molecule has 33 heavy (non-hydrogen) atoms. The number of nitrogens with zero attached hydrogens (tertiary/aromatic N) is 3. The van der Waals surface area contributed by atoms with Crippen LogP contribution >= 0.6 is 0 Å². The fourth-order valence-electron chi connectivity index (χ4n) is 4.60. The van der Waals surface area contributed by atoms with Crippen molar-refractivity contribution >= 4 is 15.8 Å². The van der Waals surface area contributed by atoms with Gasteiger partial charge in [0.05, 0.1) is 24.2 Å². The molecule has 2 heterocycles. The Morgan fingerprint density at radius 3 is 2.52 bits per heavy atom. The summed E-state index contributed by atoms with van der Waals surface area (Å²) in [6.45, 7) is 4.65. The zero-order valence-electron chi connectivity index (χ0n) is 19.4. The van der Waals surface area contributed by atoms with Crippen LogP contribution in [0.15, 0.2) is 35.5 Å². The molecule has 0 bridgehead atoms. The Hall–Kier alpha value is -2.10. The third kappa shape index (κ3) is 5.88. The minimum Gasteiger partial charge on any atom is -0.377 e. The number of methoxy groups -OCH3 is 1. The van der Waals surface area contributed by atoms with Crippen LogP contribution in [0.5, 0.6) is 0 Å². The molecule has 0 radical (unpaired) electrons. The molecule has 1 aromatic carbocycles. The maximum Gasteiger partial charge on any atom is 0.225 e. The fraction of sp³-hybridized carbons (Fsp3) is 0.583. The van der Waals surface area contributed by atoms with E-state index in [4.69, 9.17) is 9.47 Å². The molecule has 1 saturated carbocycles. The summed E-state index contributed by atoms with van der Waals surface area (Å²) < 4.78 is 48.3. The molecule has 4 rings (SSSR count). The van der Waals surface area contributed by atoms with Crippen molar-refractivity contribution in [2.45, 2.75) is 43.8 Å². The number of halogens is 1. The number of sulfone groups is 1. The van der Waals surface area contributed by atoms with Crippen LogP contribution < -0.4 is 4.90 Å². The van der Waals surface area contributed by atoms with Gasteiger partial charge in [-0.1, -0.05) is 6.07 Å². The number of hydrogen-bond donors (Lipinski definition) is 0. The van der Waals surface area contributed by atoms with E-state index in [0.29, 0.717) is 29.9 Å². The predicted molar refractivity (Wildman–Crippen MR) is 123 cm³/mol. The third-order valence-electron chi connectivity index (χ3n) is 6.93. The molecule has 1 aliphatic carbocycles. The average molecular weight is 478 g/mol. The first-order valence-corrected chi connectivity index (χ1v) is 13.3. The van der Waals surface area contributed by atoms with Crippen molar-refractivity contribution in [3.05, 3.63) is 47.5 Å². The van der Waals surface area contributed by atoms with E-state index in [1.54, 1.807) is 7.11 Å². The monoisotopic (exact) mass is 477 g/mol. The SMILES string of the molecule is COC(C)c1cnc(N2CCC([C@H]3C[C@H]3COCc3ccc(S(C)(=O)=O)cc3F)CC2)nc1. The average Bonchev–Trinajstić information content (AvgIpc) is 3.58. The summed E-state index contributed by atoms with van der Waals surface area (Å²) in [6.07, 6.45) is 8.12. The molecule has 7 nitrogen and oxygen atoms in total. The molecule has 0 spiro atoms. The Bertz CT molecular complexity index is 1060. The molecule has 1 unspecified atom stereocenters. The van der Waals surface area contributed by atoms with Gasteiger partial charge < -0.3 is 14.4 Å². The van der Waals surface area contributed by atoms with Crippen LogP contribution in [0.2, 0.25) is 0 Å². The van der Waals surface area contributed by atoms with E-state index in [-0.39, 0.29) is 17.6 Å². The second kappa shape index (κ2) is 10.0. The van der Waals surface area contributed by atoms with E-state index in [9.17, 15) is 12.8 Å². The lowest BCUT2D eigenvalue weighted by atomic mass is 9.91. The van der Waals surface area contributed by atoms with Gasteiger partial charge in [0.25, 0.3) is 0 Å². The van der Waals surface area contributed by atoms with Gasteiger partial charge in [0.2, 0.25) is 5.95 Å². The van der Waals surface area contributed by atoms with Gasteiger partial charge in [-0.15, -0.1) is 0 Å². The first-order chi connectivity index (χ1) is 15.8. The number of piperidine rings is 1. The second-order valence-corrected chi connectivity index (χ2v) is 11.2.